The molecule has 1 N–H and O–H groups in total. The maximum atomic E-state index is 12.2. The van der Waals surface area contributed by atoms with E-state index in [1.54, 1.807) is 0 Å². The molecule has 1 saturated heterocycles. The molecular formula is C19H28N2O3. The summed E-state index contributed by atoms with van der Waals surface area (Å²) < 4.78 is 5.07. The molecule has 132 valence electrons. The number of likely N-dealkylation sites (tertiary alicyclic amines) is 1. The summed E-state index contributed by atoms with van der Waals surface area (Å²) in [6.45, 7) is 8.41. The molecule has 1 aromatic rings. The van der Waals surface area contributed by atoms with Crippen LogP contribution in [0.15, 0.2) is 24.3 Å². The third-order valence-electron chi connectivity index (χ3n) is 4.44. The molecule has 0 unspecified atom stereocenters. The largest absolute Gasteiger partial charge is 0.466 e. The van der Waals surface area contributed by atoms with Crippen LogP contribution in [0.4, 0.5) is 5.69 Å². The Hall–Kier alpha value is -1.88. The molecule has 1 fully saturated rings. The molecule has 0 aromatic heterocycles. The number of esters is 1. The van der Waals surface area contributed by atoms with Crippen molar-refractivity contribution < 1.29 is 14.3 Å². The number of nitrogens with one attached hydrogen (secondary N) is 1. The number of anilines is 1. The van der Waals surface area contributed by atoms with Crippen molar-refractivity contribution in [3.63, 3.8) is 0 Å². The molecule has 0 radical (unpaired) electrons. The second-order valence-electron chi connectivity index (χ2n) is 6.63. The van der Waals surface area contributed by atoms with Gasteiger partial charge in [0.15, 0.2) is 0 Å². The van der Waals surface area contributed by atoms with E-state index in [-0.39, 0.29) is 17.8 Å². The van der Waals surface area contributed by atoms with Gasteiger partial charge in [0.05, 0.1) is 19.1 Å². The molecule has 1 heterocycles. The molecule has 2 rings (SSSR count). The number of hydrogen-bond donors (Lipinski definition) is 1. The summed E-state index contributed by atoms with van der Waals surface area (Å²) in [5, 5.41) is 2.94. The lowest BCUT2D eigenvalue weighted by molar-refractivity contribution is -0.149. The van der Waals surface area contributed by atoms with Gasteiger partial charge < -0.3 is 10.1 Å². The molecule has 1 aromatic carbocycles. The van der Waals surface area contributed by atoms with Crippen molar-refractivity contribution in [2.75, 3.05) is 31.6 Å². The molecule has 0 spiro atoms. The van der Waals surface area contributed by atoms with Gasteiger partial charge in [-0.05, 0) is 56.5 Å². The van der Waals surface area contributed by atoms with Crippen LogP contribution >= 0.6 is 0 Å². The van der Waals surface area contributed by atoms with Crippen molar-refractivity contribution in [2.45, 2.75) is 39.5 Å². The van der Waals surface area contributed by atoms with E-state index in [0.717, 1.165) is 31.6 Å². The minimum Gasteiger partial charge on any atom is -0.466 e. The SMILES string of the molecule is CCOC(=O)C1CCN(CC(=O)Nc2ccc(C(C)C)cc2)CC1. The molecule has 0 atom stereocenters. The van der Waals surface area contributed by atoms with Gasteiger partial charge in [-0.2, -0.15) is 0 Å². The molecule has 1 aliphatic heterocycles. The van der Waals surface area contributed by atoms with E-state index >= 15 is 0 Å². The number of hydrogen-bond acceptors (Lipinski definition) is 4. The zero-order valence-corrected chi connectivity index (χ0v) is 14.9. The Labute approximate surface area is 144 Å². The highest BCUT2D eigenvalue weighted by Crippen LogP contribution is 2.19. The smallest absolute Gasteiger partial charge is 0.309 e. The van der Waals surface area contributed by atoms with Crippen molar-refractivity contribution in [1.82, 2.24) is 4.90 Å². The molecule has 5 nitrogen and oxygen atoms in total. The predicted octanol–water partition coefficient (Wildman–Crippen LogP) is 3.02. The number of amides is 1. The van der Waals surface area contributed by atoms with Gasteiger partial charge in [0.2, 0.25) is 5.91 Å². The van der Waals surface area contributed by atoms with Crippen LogP contribution in [-0.2, 0) is 14.3 Å². The van der Waals surface area contributed by atoms with Crippen LogP contribution in [0.1, 0.15) is 45.1 Å². The molecule has 24 heavy (non-hydrogen) atoms. The van der Waals surface area contributed by atoms with Crippen LogP contribution in [-0.4, -0.2) is 43.0 Å². The fraction of sp³-hybridized carbons (Fsp3) is 0.579. The first kappa shape index (κ1) is 18.5. The highest BCUT2D eigenvalue weighted by atomic mass is 16.5. The lowest BCUT2D eigenvalue weighted by Crippen LogP contribution is -2.41. The zero-order valence-electron chi connectivity index (χ0n) is 14.9. The number of nitrogens with zero attached hydrogens (tertiary/aromatic N) is 1. The maximum Gasteiger partial charge on any atom is 0.309 e. The molecule has 0 saturated carbocycles. The predicted molar refractivity (Wildman–Crippen MR) is 95.0 cm³/mol. The second kappa shape index (κ2) is 8.83. The first-order valence-corrected chi connectivity index (χ1v) is 8.78. The summed E-state index contributed by atoms with van der Waals surface area (Å²) in [5.74, 6) is 0.344. The van der Waals surface area contributed by atoms with E-state index in [0.29, 0.717) is 19.1 Å². The Bertz CT molecular complexity index is 546. The second-order valence-corrected chi connectivity index (χ2v) is 6.63. The lowest BCUT2D eigenvalue weighted by Gasteiger charge is -2.30. The van der Waals surface area contributed by atoms with Gasteiger partial charge >= 0.3 is 5.97 Å². The van der Waals surface area contributed by atoms with E-state index in [1.165, 1.54) is 5.56 Å². The third-order valence-corrected chi connectivity index (χ3v) is 4.44. The van der Waals surface area contributed by atoms with Gasteiger partial charge in [-0.1, -0.05) is 26.0 Å². The minimum atomic E-state index is -0.105. The Kier molecular flexibility index (Phi) is 6.79. The molecule has 0 bridgehead atoms. The Morgan fingerprint density at radius 1 is 1.21 bits per heavy atom. The summed E-state index contributed by atoms with van der Waals surface area (Å²) in [6, 6.07) is 7.98. The molecule has 5 heteroatoms. The van der Waals surface area contributed by atoms with Gasteiger partial charge in [0.1, 0.15) is 0 Å². The minimum absolute atomic E-state index is 0.0121. The summed E-state index contributed by atoms with van der Waals surface area (Å²) in [4.78, 5) is 26.0. The van der Waals surface area contributed by atoms with Crippen molar-refractivity contribution in [3.8, 4) is 0 Å². The van der Waals surface area contributed by atoms with E-state index in [2.05, 4.69) is 24.1 Å². The first-order valence-electron chi connectivity index (χ1n) is 8.78. The van der Waals surface area contributed by atoms with Crippen LogP contribution in [0.5, 0.6) is 0 Å². The molecule has 1 amide bonds. The number of carbonyl (C=O) groups is 2. The van der Waals surface area contributed by atoms with Gasteiger partial charge in [-0.3, -0.25) is 14.5 Å². The van der Waals surface area contributed by atoms with Crippen molar-refractivity contribution in [2.24, 2.45) is 5.92 Å². The van der Waals surface area contributed by atoms with Crippen LogP contribution in [0.2, 0.25) is 0 Å². The van der Waals surface area contributed by atoms with Crippen molar-refractivity contribution in [1.29, 1.82) is 0 Å². The van der Waals surface area contributed by atoms with E-state index in [1.807, 2.05) is 31.2 Å². The lowest BCUT2D eigenvalue weighted by atomic mass is 9.97. The maximum absolute atomic E-state index is 12.2. The van der Waals surface area contributed by atoms with Crippen molar-refractivity contribution >= 4 is 17.6 Å². The normalized spacial score (nSPS) is 16.2. The number of rotatable bonds is 6. The van der Waals surface area contributed by atoms with E-state index in [9.17, 15) is 9.59 Å². The number of benzene rings is 1. The van der Waals surface area contributed by atoms with Crippen LogP contribution in [0.3, 0.4) is 0 Å². The molecular weight excluding hydrogens is 304 g/mol. The van der Waals surface area contributed by atoms with Gasteiger partial charge in [0.25, 0.3) is 0 Å². The summed E-state index contributed by atoms with van der Waals surface area (Å²) >= 11 is 0. The van der Waals surface area contributed by atoms with Crippen LogP contribution in [0.25, 0.3) is 0 Å². The summed E-state index contributed by atoms with van der Waals surface area (Å²) in [7, 11) is 0. The number of carbonyl (C=O) groups excluding carboxylic acids is 2. The average Bonchev–Trinajstić information content (AvgIpc) is 2.56. The highest BCUT2D eigenvalue weighted by Gasteiger charge is 2.26. The monoisotopic (exact) mass is 332 g/mol. The standard InChI is InChI=1S/C19H28N2O3/c1-4-24-19(23)16-9-11-21(12-10-16)13-18(22)20-17-7-5-15(6-8-17)14(2)3/h5-8,14,16H,4,9-13H2,1-3H3,(H,20,22). The first-order chi connectivity index (χ1) is 11.5. The third kappa shape index (κ3) is 5.34. The van der Waals surface area contributed by atoms with Crippen LogP contribution < -0.4 is 5.32 Å². The Morgan fingerprint density at radius 3 is 2.38 bits per heavy atom. The topological polar surface area (TPSA) is 58.6 Å². The van der Waals surface area contributed by atoms with Crippen molar-refractivity contribution in [3.05, 3.63) is 29.8 Å². The van der Waals surface area contributed by atoms with Gasteiger partial charge in [-0.25, -0.2) is 0 Å². The Morgan fingerprint density at radius 2 is 1.83 bits per heavy atom. The summed E-state index contributed by atoms with van der Waals surface area (Å²) in [6.07, 6.45) is 1.52. The summed E-state index contributed by atoms with van der Waals surface area (Å²) in [5.41, 5.74) is 2.08. The van der Waals surface area contributed by atoms with E-state index in [4.69, 9.17) is 4.74 Å². The fourth-order valence-electron chi connectivity index (χ4n) is 2.94. The van der Waals surface area contributed by atoms with Gasteiger partial charge in [0, 0.05) is 5.69 Å². The average molecular weight is 332 g/mol. The fourth-order valence-corrected chi connectivity index (χ4v) is 2.94. The zero-order chi connectivity index (χ0) is 17.5. The Balaban J connectivity index is 1.76. The highest BCUT2D eigenvalue weighted by molar-refractivity contribution is 5.92. The number of ether oxygens (including phenoxy) is 1. The molecule has 1 aliphatic rings. The quantitative estimate of drug-likeness (QED) is 0.814. The molecule has 0 aliphatic carbocycles. The van der Waals surface area contributed by atoms with E-state index < -0.39 is 0 Å². The number of piperidine rings is 1. The van der Waals surface area contributed by atoms with Gasteiger partial charge in [-0.15, -0.1) is 0 Å². The van der Waals surface area contributed by atoms with Crippen LogP contribution in [0, 0.1) is 5.92 Å².